The van der Waals surface area contributed by atoms with Crippen LogP contribution in [0.15, 0.2) is 12.1 Å². The molecule has 18 heavy (non-hydrogen) atoms. The van der Waals surface area contributed by atoms with Gasteiger partial charge >= 0.3 is 5.97 Å². The first-order valence-corrected chi connectivity index (χ1v) is 5.48. The van der Waals surface area contributed by atoms with Gasteiger partial charge in [-0.25, -0.2) is 9.18 Å². The molecule has 0 saturated heterocycles. The molecule has 0 heterocycles. The maximum absolute atomic E-state index is 13.4. The monoisotopic (exact) mass is 257 g/mol. The highest BCUT2D eigenvalue weighted by molar-refractivity contribution is 5.94. The Kier molecular flexibility index (Phi) is 4.91. The number of aromatic carboxylic acids is 1. The van der Waals surface area contributed by atoms with Crippen molar-refractivity contribution in [1.82, 2.24) is 0 Å². The lowest BCUT2D eigenvalue weighted by Crippen LogP contribution is -2.12. The number of carboxylic acid groups (broad SMARTS) is 1. The van der Waals surface area contributed by atoms with Gasteiger partial charge in [-0.3, -0.25) is 0 Å². The fourth-order valence-electron chi connectivity index (χ4n) is 1.30. The number of benzene rings is 1. The van der Waals surface area contributed by atoms with E-state index in [0.717, 1.165) is 12.1 Å². The lowest BCUT2D eigenvalue weighted by Gasteiger charge is -2.11. The lowest BCUT2D eigenvalue weighted by molar-refractivity contribution is 0.0544. The molecule has 0 saturated carbocycles. The van der Waals surface area contributed by atoms with Gasteiger partial charge in [-0.15, -0.1) is 0 Å². The predicted octanol–water partition coefficient (Wildman–Crippen LogP) is 1.91. The average Bonchev–Trinajstić information content (AvgIpc) is 2.25. The molecule has 0 aromatic heterocycles. The van der Waals surface area contributed by atoms with Crippen LogP contribution in [-0.2, 0) is 4.74 Å². The van der Waals surface area contributed by atoms with Gasteiger partial charge in [0, 0.05) is 11.8 Å². The van der Waals surface area contributed by atoms with Crippen LogP contribution in [0.1, 0.15) is 24.2 Å². The van der Waals surface area contributed by atoms with E-state index < -0.39 is 11.8 Å². The second-order valence-corrected chi connectivity index (χ2v) is 3.94. The Labute approximate surface area is 104 Å². The largest absolute Gasteiger partial charge is 0.488 e. The standard InChI is InChI=1S/C12H16FNO4/c1-7(2)17-3-4-18-11-5-8(12(15)16)10(14)6-9(11)13/h5-7H,3-4,14H2,1-2H3,(H,15,16). The molecule has 0 aliphatic rings. The summed E-state index contributed by atoms with van der Waals surface area (Å²) in [5.41, 5.74) is 5.07. The highest BCUT2D eigenvalue weighted by Gasteiger charge is 2.14. The average molecular weight is 257 g/mol. The van der Waals surface area contributed by atoms with Crippen LogP contribution >= 0.6 is 0 Å². The molecule has 5 nitrogen and oxygen atoms in total. The van der Waals surface area contributed by atoms with Crippen LogP contribution in [0.2, 0.25) is 0 Å². The summed E-state index contributed by atoms with van der Waals surface area (Å²) in [6, 6.07) is 2.00. The minimum absolute atomic E-state index is 0.0550. The van der Waals surface area contributed by atoms with E-state index in [1.54, 1.807) is 0 Å². The third-order valence-corrected chi connectivity index (χ3v) is 2.13. The summed E-state index contributed by atoms with van der Waals surface area (Å²) in [6.07, 6.45) is 0.0550. The molecule has 1 aromatic rings. The summed E-state index contributed by atoms with van der Waals surface area (Å²) in [6.45, 7) is 4.17. The molecule has 0 amide bonds. The zero-order valence-corrected chi connectivity index (χ0v) is 10.3. The van der Waals surface area contributed by atoms with Crippen LogP contribution in [0.25, 0.3) is 0 Å². The molecule has 3 N–H and O–H groups in total. The van der Waals surface area contributed by atoms with Gasteiger partial charge in [0.25, 0.3) is 0 Å². The van der Waals surface area contributed by atoms with Crippen molar-refractivity contribution in [1.29, 1.82) is 0 Å². The van der Waals surface area contributed by atoms with E-state index in [9.17, 15) is 9.18 Å². The molecular weight excluding hydrogens is 241 g/mol. The van der Waals surface area contributed by atoms with Gasteiger partial charge in [0.05, 0.1) is 18.3 Å². The first kappa shape index (κ1) is 14.2. The summed E-state index contributed by atoms with van der Waals surface area (Å²) in [5.74, 6) is -2.06. The molecule has 0 aliphatic heterocycles. The second-order valence-electron chi connectivity index (χ2n) is 3.94. The topological polar surface area (TPSA) is 81.8 Å². The molecule has 0 fully saturated rings. The van der Waals surface area contributed by atoms with E-state index in [0.29, 0.717) is 6.61 Å². The van der Waals surface area contributed by atoms with Gasteiger partial charge in [-0.2, -0.15) is 0 Å². The maximum atomic E-state index is 13.4. The fourth-order valence-corrected chi connectivity index (χ4v) is 1.30. The van der Waals surface area contributed by atoms with Crippen LogP contribution in [0.5, 0.6) is 5.75 Å². The molecule has 0 aliphatic carbocycles. The molecule has 1 rings (SSSR count). The van der Waals surface area contributed by atoms with E-state index in [1.165, 1.54) is 0 Å². The number of rotatable bonds is 6. The Bertz CT molecular complexity index is 434. The van der Waals surface area contributed by atoms with E-state index >= 15 is 0 Å². The van der Waals surface area contributed by atoms with Crippen LogP contribution in [0.4, 0.5) is 10.1 Å². The minimum Gasteiger partial charge on any atom is -0.488 e. The number of anilines is 1. The first-order chi connectivity index (χ1) is 8.41. The van der Waals surface area contributed by atoms with E-state index in [2.05, 4.69) is 0 Å². The SMILES string of the molecule is CC(C)OCCOc1cc(C(=O)O)c(N)cc1F. The van der Waals surface area contributed by atoms with Gasteiger partial charge in [-0.05, 0) is 19.9 Å². The van der Waals surface area contributed by atoms with Gasteiger partial charge in [0.15, 0.2) is 11.6 Å². The maximum Gasteiger partial charge on any atom is 0.337 e. The van der Waals surface area contributed by atoms with Crippen molar-refractivity contribution in [3.05, 3.63) is 23.5 Å². The quantitative estimate of drug-likeness (QED) is 0.601. The molecule has 0 spiro atoms. The molecule has 6 heteroatoms. The number of carboxylic acids is 1. The molecule has 1 aromatic carbocycles. The first-order valence-electron chi connectivity index (χ1n) is 5.48. The number of hydrogen-bond acceptors (Lipinski definition) is 4. The Morgan fingerprint density at radius 3 is 2.67 bits per heavy atom. The van der Waals surface area contributed by atoms with E-state index in [4.69, 9.17) is 20.3 Å². The minimum atomic E-state index is -1.23. The Balaban J connectivity index is 2.70. The zero-order chi connectivity index (χ0) is 13.7. The molecule has 100 valence electrons. The smallest absolute Gasteiger partial charge is 0.337 e. The van der Waals surface area contributed by atoms with Gasteiger partial charge in [0.1, 0.15) is 6.61 Å². The predicted molar refractivity (Wildman–Crippen MR) is 64.4 cm³/mol. The van der Waals surface area contributed by atoms with Crippen molar-refractivity contribution >= 4 is 11.7 Å². The van der Waals surface area contributed by atoms with E-state index in [-0.39, 0.29) is 29.7 Å². The molecule has 0 bridgehead atoms. The second kappa shape index (κ2) is 6.20. The number of carbonyl (C=O) groups is 1. The fraction of sp³-hybridized carbons (Fsp3) is 0.417. The number of hydrogen-bond donors (Lipinski definition) is 2. The van der Waals surface area contributed by atoms with Crippen LogP contribution in [-0.4, -0.2) is 30.4 Å². The number of ether oxygens (including phenoxy) is 2. The summed E-state index contributed by atoms with van der Waals surface area (Å²) < 4.78 is 23.8. The van der Waals surface area contributed by atoms with Crippen molar-refractivity contribution in [2.24, 2.45) is 0 Å². The molecule has 0 unspecified atom stereocenters. The van der Waals surface area contributed by atoms with Gasteiger partial charge in [0.2, 0.25) is 0 Å². The van der Waals surface area contributed by atoms with Gasteiger partial charge < -0.3 is 20.3 Å². The number of halogens is 1. The Hall–Kier alpha value is -1.82. The summed E-state index contributed by atoms with van der Waals surface area (Å²) in [7, 11) is 0. The summed E-state index contributed by atoms with van der Waals surface area (Å²) in [4.78, 5) is 10.8. The number of nitrogen functional groups attached to an aromatic ring is 1. The molecule has 0 radical (unpaired) electrons. The molecular formula is C12H16FNO4. The van der Waals surface area contributed by atoms with Gasteiger partial charge in [-0.1, -0.05) is 0 Å². The molecule has 0 atom stereocenters. The third-order valence-electron chi connectivity index (χ3n) is 2.13. The Morgan fingerprint density at radius 1 is 1.44 bits per heavy atom. The van der Waals surface area contributed by atoms with Crippen molar-refractivity contribution in [3.8, 4) is 5.75 Å². The van der Waals surface area contributed by atoms with Crippen LogP contribution in [0, 0.1) is 5.82 Å². The van der Waals surface area contributed by atoms with Crippen LogP contribution in [0.3, 0.4) is 0 Å². The number of nitrogens with two attached hydrogens (primary N) is 1. The zero-order valence-electron chi connectivity index (χ0n) is 10.3. The third kappa shape index (κ3) is 3.89. The Morgan fingerprint density at radius 2 is 2.11 bits per heavy atom. The highest BCUT2D eigenvalue weighted by Crippen LogP contribution is 2.24. The highest BCUT2D eigenvalue weighted by atomic mass is 19.1. The van der Waals surface area contributed by atoms with Crippen LogP contribution < -0.4 is 10.5 Å². The van der Waals surface area contributed by atoms with Crippen molar-refractivity contribution < 1.29 is 23.8 Å². The lowest BCUT2D eigenvalue weighted by atomic mass is 10.1. The van der Waals surface area contributed by atoms with Crippen molar-refractivity contribution in [2.45, 2.75) is 20.0 Å². The summed E-state index contributed by atoms with van der Waals surface area (Å²) in [5, 5.41) is 8.84. The van der Waals surface area contributed by atoms with Crippen molar-refractivity contribution in [3.63, 3.8) is 0 Å². The van der Waals surface area contributed by atoms with E-state index in [1.807, 2.05) is 13.8 Å². The normalized spacial score (nSPS) is 10.7. The van der Waals surface area contributed by atoms with Crippen molar-refractivity contribution in [2.75, 3.05) is 18.9 Å². The summed E-state index contributed by atoms with van der Waals surface area (Å²) >= 11 is 0.